The van der Waals surface area contributed by atoms with Gasteiger partial charge in [-0.2, -0.15) is 18.3 Å². The van der Waals surface area contributed by atoms with E-state index in [2.05, 4.69) is 20.1 Å². The van der Waals surface area contributed by atoms with Crippen molar-refractivity contribution < 1.29 is 17.6 Å². The van der Waals surface area contributed by atoms with Crippen LogP contribution in [0, 0.1) is 6.92 Å². The highest BCUT2D eigenvalue weighted by Crippen LogP contribution is 2.34. The predicted molar refractivity (Wildman–Crippen MR) is 111 cm³/mol. The molecule has 5 rings (SSSR count). The summed E-state index contributed by atoms with van der Waals surface area (Å²) in [6.45, 7) is 1.72. The Morgan fingerprint density at radius 1 is 1.09 bits per heavy atom. The van der Waals surface area contributed by atoms with Gasteiger partial charge in [0, 0.05) is 23.8 Å². The van der Waals surface area contributed by atoms with E-state index in [4.69, 9.17) is 16.0 Å². The summed E-state index contributed by atoms with van der Waals surface area (Å²) in [6.07, 6.45) is -1.81. The third kappa shape index (κ3) is 3.19. The lowest BCUT2D eigenvalue weighted by Crippen LogP contribution is -2.09. The molecule has 0 atom stereocenters. The quantitative estimate of drug-likeness (QED) is 0.348. The van der Waals surface area contributed by atoms with Gasteiger partial charge in [0.2, 0.25) is 5.89 Å². The van der Waals surface area contributed by atoms with Gasteiger partial charge < -0.3 is 4.42 Å². The molecule has 0 radical (unpaired) electrons. The zero-order valence-electron chi connectivity index (χ0n) is 16.2. The predicted octanol–water partition coefficient (Wildman–Crippen LogP) is 4.96. The van der Waals surface area contributed by atoms with E-state index in [1.807, 2.05) is 0 Å². The highest BCUT2D eigenvalue weighted by molar-refractivity contribution is 6.32. The Bertz CT molecular complexity index is 1580. The normalized spacial score (nSPS) is 12.0. The molecule has 0 saturated carbocycles. The first-order valence-corrected chi connectivity index (χ1v) is 9.59. The molecule has 4 aromatic heterocycles. The number of pyridine rings is 2. The van der Waals surface area contributed by atoms with Crippen molar-refractivity contribution in [1.82, 2.24) is 24.7 Å². The van der Waals surface area contributed by atoms with Crippen molar-refractivity contribution in [3.8, 4) is 17.4 Å². The number of benzene rings is 1. The third-order valence-corrected chi connectivity index (χ3v) is 5.13. The van der Waals surface area contributed by atoms with E-state index >= 15 is 0 Å². The van der Waals surface area contributed by atoms with Crippen LogP contribution >= 0.6 is 11.6 Å². The fourth-order valence-electron chi connectivity index (χ4n) is 3.43. The van der Waals surface area contributed by atoms with Crippen LogP contribution in [0.2, 0.25) is 5.02 Å². The van der Waals surface area contributed by atoms with Crippen LogP contribution in [0.5, 0.6) is 0 Å². The lowest BCUT2D eigenvalue weighted by molar-refractivity contribution is -0.141. The van der Waals surface area contributed by atoms with E-state index in [9.17, 15) is 18.0 Å². The molecule has 0 N–H and O–H groups in total. The van der Waals surface area contributed by atoms with Gasteiger partial charge in [-0.3, -0.25) is 4.98 Å². The average molecular weight is 458 g/mol. The standard InChI is InChI=1S/C21H11ClF3N5O2/c1-10-8-13-11(4-2-6-26-13)16-17(10)28-19(32-20(16)31)14-9-15(21(23,24)25)29-30(14)18-12(22)5-3-7-27-18/h2-9H,1H3. The van der Waals surface area contributed by atoms with E-state index in [0.29, 0.717) is 16.5 Å². The molecular weight excluding hydrogens is 447 g/mol. The Hall–Kier alpha value is -3.79. The highest BCUT2D eigenvalue weighted by Gasteiger charge is 2.36. The fraction of sp³-hybridized carbons (Fsp3) is 0.0952. The molecular formula is C21H11ClF3N5O2. The van der Waals surface area contributed by atoms with Crippen LogP contribution in [0.4, 0.5) is 13.2 Å². The molecule has 0 unspecified atom stereocenters. The van der Waals surface area contributed by atoms with Crippen molar-refractivity contribution in [3.05, 3.63) is 75.5 Å². The van der Waals surface area contributed by atoms with Gasteiger partial charge >= 0.3 is 11.8 Å². The van der Waals surface area contributed by atoms with Crippen LogP contribution in [0.3, 0.4) is 0 Å². The highest BCUT2D eigenvalue weighted by atomic mass is 35.5. The maximum atomic E-state index is 13.4. The van der Waals surface area contributed by atoms with E-state index in [1.54, 1.807) is 31.3 Å². The van der Waals surface area contributed by atoms with Gasteiger partial charge in [0.25, 0.3) is 0 Å². The topological polar surface area (TPSA) is 86.7 Å². The first kappa shape index (κ1) is 20.1. The number of hydrogen-bond acceptors (Lipinski definition) is 6. The monoisotopic (exact) mass is 457 g/mol. The molecule has 0 aliphatic heterocycles. The molecule has 0 aliphatic rings. The second-order valence-electron chi connectivity index (χ2n) is 6.93. The van der Waals surface area contributed by atoms with Crippen LogP contribution < -0.4 is 5.63 Å². The molecule has 5 aromatic rings. The lowest BCUT2D eigenvalue weighted by atomic mass is 10.1. The maximum Gasteiger partial charge on any atom is 0.435 e. The number of aryl methyl sites for hydroxylation is 1. The van der Waals surface area contributed by atoms with Crippen LogP contribution in [0.1, 0.15) is 11.3 Å². The van der Waals surface area contributed by atoms with Crippen molar-refractivity contribution >= 4 is 33.4 Å². The molecule has 11 heteroatoms. The molecule has 32 heavy (non-hydrogen) atoms. The summed E-state index contributed by atoms with van der Waals surface area (Å²) >= 11 is 6.13. The number of nitrogens with zero attached hydrogens (tertiary/aromatic N) is 5. The van der Waals surface area contributed by atoms with Crippen LogP contribution in [-0.2, 0) is 6.18 Å². The molecule has 0 aliphatic carbocycles. The van der Waals surface area contributed by atoms with Crippen molar-refractivity contribution in [2.24, 2.45) is 0 Å². The summed E-state index contributed by atoms with van der Waals surface area (Å²) in [6, 6.07) is 8.81. The van der Waals surface area contributed by atoms with Gasteiger partial charge in [-0.1, -0.05) is 17.7 Å². The Morgan fingerprint density at radius 2 is 1.84 bits per heavy atom. The Labute approximate surface area is 182 Å². The number of halogens is 4. The van der Waals surface area contributed by atoms with E-state index in [0.717, 1.165) is 10.7 Å². The van der Waals surface area contributed by atoms with Gasteiger partial charge in [0.15, 0.2) is 11.5 Å². The smallest absolute Gasteiger partial charge is 0.401 e. The summed E-state index contributed by atoms with van der Waals surface area (Å²) < 4.78 is 46.5. The first-order chi connectivity index (χ1) is 15.2. The second-order valence-corrected chi connectivity index (χ2v) is 7.33. The molecule has 1 aromatic carbocycles. The van der Waals surface area contributed by atoms with Gasteiger partial charge in [-0.25, -0.2) is 19.4 Å². The van der Waals surface area contributed by atoms with Crippen LogP contribution in [0.15, 0.2) is 58.0 Å². The molecule has 0 bridgehead atoms. The average Bonchev–Trinajstić information content (AvgIpc) is 3.20. The number of rotatable bonds is 2. The summed E-state index contributed by atoms with van der Waals surface area (Å²) in [5.74, 6) is -0.415. The van der Waals surface area contributed by atoms with Crippen molar-refractivity contribution in [3.63, 3.8) is 0 Å². The number of aromatic nitrogens is 5. The molecule has 0 fully saturated rings. The van der Waals surface area contributed by atoms with Crippen molar-refractivity contribution in [2.75, 3.05) is 0 Å². The van der Waals surface area contributed by atoms with E-state index in [1.165, 1.54) is 18.3 Å². The number of fused-ring (bicyclic) bond motifs is 3. The Kier molecular flexibility index (Phi) is 4.48. The third-order valence-electron chi connectivity index (χ3n) is 4.84. The Balaban J connectivity index is 1.84. The number of alkyl halides is 3. The molecule has 0 saturated heterocycles. The van der Waals surface area contributed by atoms with Gasteiger partial charge in [0.05, 0.1) is 21.4 Å². The Morgan fingerprint density at radius 3 is 2.59 bits per heavy atom. The second kappa shape index (κ2) is 7.13. The SMILES string of the molecule is Cc1cc2ncccc2c2c(=O)oc(-c3cc(C(F)(F)F)nn3-c3ncccc3Cl)nc12. The molecule has 0 amide bonds. The maximum absolute atomic E-state index is 13.4. The summed E-state index contributed by atoms with van der Waals surface area (Å²) in [5.41, 5.74) is -0.728. The molecule has 160 valence electrons. The van der Waals surface area contributed by atoms with Gasteiger partial charge in [-0.05, 0) is 36.8 Å². The van der Waals surface area contributed by atoms with E-state index in [-0.39, 0.29) is 33.3 Å². The van der Waals surface area contributed by atoms with Crippen molar-refractivity contribution in [1.29, 1.82) is 0 Å². The summed E-state index contributed by atoms with van der Waals surface area (Å²) in [4.78, 5) is 25.6. The van der Waals surface area contributed by atoms with Gasteiger partial charge in [-0.15, -0.1) is 0 Å². The molecule has 0 spiro atoms. The fourth-order valence-corrected chi connectivity index (χ4v) is 3.63. The first-order valence-electron chi connectivity index (χ1n) is 9.22. The van der Waals surface area contributed by atoms with E-state index < -0.39 is 17.5 Å². The largest absolute Gasteiger partial charge is 0.435 e. The van der Waals surface area contributed by atoms with Crippen molar-refractivity contribution in [2.45, 2.75) is 13.1 Å². The van der Waals surface area contributed by atoms with Gasteiger partial charge in [0.1, 0.15) is 5.69 Å². The molecule has 4 heterocycles. The zero-order chi connectivity index (χ0) is 22.6. The van der Waals surface area contributed by atoms with Crippen LogP contribution in [0.25, 0.3) is 39.2 Å². The lowest BCUT2D eigenvalue weighted by Gasteiger charge is -2.09. The minimum atomic E-state index is -4.75. The zero-order valence-corrected chi connectivity index (χ0v) is 16.9. The summed E-state index contributed by atoms with van der Waals surface area (Å²) in [5, 5.41) is 4.38. The van der Waals surface area contributed by atoms with Crippen LogP contribution in [-0.4, -0.2) is 24.7 Å². The molecule has 7 nitrogen and oxygen atoms in total. The number of hydrogen-bond donors (Lipinski definition) is 0. The minimum Gasteiger partial charge on any atom is -0.401 e. The minimum absolute atomic E-state index is 0.0574. The summed E-state index contributed by atoms with van der Waals surface area (Å²) in [7, 11) is 0.